The fraction of sp³-hybridized carbons (Fsp3) is 0.222. The van der Waals surface area contributed by atoms with E-state index < -0.39 is 15.7 Å². The maximum atomic E-state index is 11.1. The molecule has 76 valence electrons. The molecule has 0 aliphatic heterocycles. The molecule has 0 atom stereocenters. The summed E-state index contributed by atoms with van der Waals surface area (Å²) in [5, 5.41) is 0. The molecule has 0 fully saturated rings. The van der Waals surface area contributed by atoms with Gasteiger partial charge >= 0.3 is 0 Å². The molecule has 0 radical (unpaired) electrons. The predicted octanol–water partition coefficient (Wildman–Crippen LogP) is 0.118. The molecule has 1 rings (SSSR count). The van der Waals surface area contributed by atoms with Crippen molar-refractivity contribution in [2.24, 2.45) is 5.73 Å². The first-order chi connectivity index (χ1) is 6.39. The topological polar surface area (TPSA) is 77.2 Å². The van der Waals surface area contributed by atoms with E-state index in [-0.39, 0.29) is 11.3 Å². The lowest BCUT2D eigenvalue weighted by molar-refractivity contribution is -0.117. The molecule has 0 aromatic heterocycles. The summed E-state index contributed by atoms with van der Waals surface area (Å²) in [4.78, 5) is 10.8. The molecular formula is C9H11NO3S. The largest absolute Gasteiger partial charge is 0.369 e. The van der Waals surface area contributed by atoms with Crippen LogP contribution in [0.1, 0.15) is 5.56 Å². The van der Waals surface area contributed by atoms with Gasteiger partial charge in [0.25, 0.3) is 0 Å². The zero-order chi connectivity index (χ0) is 10.8. The highest BCUT2D eigenvalue weighted by molar-refractivity contribution is 7.90. The van der Waals surface area contributed by atoms with Gasteiger partial charge in [-0.2, -0.15) is 0 Å². The van der Waals surface area contributed by atoms with Crippen molar-refractivity contribution in [3.8, 4) is 0 Å². The number of benzene rings is 1. The summed E-state index contributed by atoms with van der Waals surface area (Å²) in [5.41, 5.74) is 5.70. The zero-order valence-corrected chi connectivity index (χ0v) is 8.54. The lowest BCUT2D eigenvalue weighted by atomic mass is 10.1. The minimum atomic E-state index is -3.16. The van der Waals surface area contributed by atoms with Crippen LogP contribution in [0, 0.1) is 0 Å². The van der Waals surface area contributed by atoms with Crippen LogP contribution < -0.4 is 5.73 Å². The number of nitrogens with two attached hydrogens (primary N) is 1. The highest BCUT2D eigenvalue weighted by Gasteiger charge is 2.06. The lowest BCUT2D eigenvalue weighted by Gasteiger charge is -2.00. The molecule has 0 bridgehead atoms. The number of amides is 1. The van der Waals surface area contributed by atoms with Crippen molar-refractivity contribution in [2.75, 3.05) is 6.26 Å². The van der Waals surface area contributed by atoms with Crippen LogP contribution in [0.25, 0.3) is 0 Å². The molecule has 0 aliphatic carbocycles. The summed E-state index contributed by atoms with van der Waals surface area (Å²) in [6.07, 6.45) is 1.26. The van der Waals surface area contributed by atoms with Gasteiger partial charge in [0.05, 0.1) is 11.3 Å². The first-order valence-electron chi connectivity index (χ1n) is 3.97. The van der Waals surface area contributed by atoms with Crippen molar-refractivity contribution in [1.29, 1.82) is 0 Å². The van der Waals surface area contributed by atoms with Gasteiger partial charge in [-0.05, 0) is 17.7 Å². The third kappa shape index (κ3) is 2.85. The van der Waals surface area contributed by atoms with Crippen molar-refractivity contribution < 1.29 is 13.2 Å². The van der Waals surface area contributed by atoms with Gasteiger partial charge in [-0.1, -0.05) is 12.1 Å². The summed E-state index contributed by atoms with van der Waals surface area (Å²) >= 11 is 0. The molecule has 1 aromatic rings. The smallest absolute Gasteiger partial charge is 0.221 e. The molecule has 1 amide bonds. The fourth-order valence-electron chi connectivity index (χ4n) is 1.06. The molecule has 1 aromatic carbocycles. The van der Waals surface area contributed by atoms with Gasteiger partial charge in [-0.15, -0.1) is 0 Å². The van der Waals surface area contributed by atoms with Crippen LogP contribution in [0.3, 0.4) is 0 Å². The fourth-order valence-corrected chi connectivity index (χ4v) is 1.69. The zero-order valence-electron chi connectivity index (χ0n) is 7.73. The normalized spacial score (nSPS) is 11.2. The molecule has 0 aliphatic rings. The van der Waals surface area contributed by atoms with E-state index in [0.29, 0.717) is 5.56 Å². The molecule has 0 saturated heterocycles. The Morgan fingerprint density at radius 1 is 1.29 bits per heavy atom. The average molecular weight is 213 g/mol. The van der Waals surface area contributed by atoms with E-state index in [0.717, 1.165) is 6.26 Å². The Bertz CT molecular complexity index is 434. The molecule has 5 heteroatoms. The van der Waals surface area contributed by atoms with Crippen LogP contribution in [-0.2, 0) is 21.1 Å². The maximum absolute atomic E-state index is 11.1. The van der Waals surface area contributed by atoms with Crippen LogP contribution in [0.2, 0.25) is 0 Å². The van der Waals surface area contributed by atoms with E-state index in [1.807, 2.05) is 0 Å². The third-order valence-corrected chi connectivity index (χ3v) is 2.86. The molecule has 2 N–H and O–H groups in total. The Labute approximate surface area is 82.7 Å². The molecule has 0 unspecified atom stereocenters. The molecule has 14 heavy (non-hydrogen) atoms. The number of primary amides is 1. The van der Waals surface area contributed by atoms with E-state index >= 15 is 0 Å². The quantitative estimate of drug-likeness (QED) is 0.774. The summed E-state index contributed by atoms with van der Waals surface area (Å²) in [6.45, 7) is 0. The van der Waals surface area contributed by atoms with Crippen LogP contribution in [-0.4, -0.2) is 20.6 Å². The van der Waals surface area contributed by atoms with E-state index in [2.05, 4.69) is 0 Å². The third-order valence-electron chi connectivity index (χ3n) is 1.73. The van der Waals surface area contributed by atoms with E-state index in [9.17, 15) is 13.2 Å². The second-order valence-electron chi connectivity index (χ2n) is 3.06. The van der Waals surface area contributed by atoms with Gasteiger partial charge in [-0.25, -0.2) is 8.42 Å². The van der Waals surface area contributed by atoms with Crippen molar-refractivity contribution in [3.05, 3.63) is 29.8 Å². The molecule has 0 spiro atoms. The molecule has 0 heterocycles. The first kappa shape index (κ1) is 10.7. The number of hydrogen-bond acceptors (Lipinski definition) is 3. The van der Waals surface area contributed by atoms with Gasteiger partial charge in [-0.3, -0.25) is 4.79 Å². The standard InChI is InChI=1S/C9H11NO3S/c1-14(12,13)8-4-2-7(3-5-8)6-9(10)11/h2-5H,6H2,1H3,(H2,10,11). The van der Waals surface area contributed by atoms with E-state index in [1.165, 1.54) is 12.1 Å². The van der Waals surface area contributed by atoms with Gasteiger partial charge in [0, 0.05) is 6.26 Å². The van der Waals surface area contributed by atoms with Crippen LogP contribution >= 0.6 is 0 Å². The molecule has 4 nitrogen and oxygen atoms in total. The van der Waals surface area contributed by atoms with Crippen molar-refractivity contribution in [2.45, 2.75) is 11.3 Å². The van der Waals surface area contributed by atoms with Crippen LogP contribution in [0.15, 0.2) is 29.2 Å². The second kappa shape index (κ2) is 3.79. The SMILES string of the molecule is CS(=O)(=O)c1ccc(CC(N)=O)cc1. The lowest BCUT2D eigenvalue weighted by Crippen LogP contribution is -2.13. The number of rotatable bonds is 3. The van der Waals surface area contributed by atoms with E-state index in [4.69, 9.17) is 5.73 Å². The number of carbonyl (C=O) groups is 1. The molecular weight excluding hydrogens is 202 g/mol. The van der Waals surface area contributed by atoms with Crippen LogP contribution in [0.4, 0.5) is 0 Å². The Balaban J connectivity index is 2.95. The summed E-state index contributed by atoms with van der Waals surface area (Å²) in [5.74, 6) is -0.433. The van der Waals surface area contributed by atoms with Gasteiger partial charge < -0.3 is 5.73 Å². The Hall–Kier alpha value is -1.36. The highest BCUT2D eigenvalue weighted by atomic mass is 32.2. The number of carbonyl (C=O) groups excluding carboxylic acids is 1. The van der Waals surface area contributed by atoms with Gasteiger partial charge in [0.1, 0.15) is 0 Å². The minimum Gasteiger partial charge on any atom is -0.369 e. The molecule has 0 saturated carbocycles. The van der Waals surface area contributed by atoms with E-state index in [1.54, 1.807) is 12.1 Å². The summed E-state index contributed by atoms with van der Waals surface area (Å²) in [6, 6.07) is 6.10. The van der Waals surface area contributed by atoms with Gasteiger partial charge in [0.15, 0.2) is 9.84 Å². The van der Waals surface area contributed by atoms with Crippen LogP contribution in [0.5, 0.6) is 0 Å². The first-order valence-corrected chi connectivity index (χ1v) is 5.86. The maximum Gasteiger partial charge on any atom is 0.221 e. The Morgan fingerprint density at radius 3 is 2.14 bits per heavy atom. The number of sulfone groups is 1. The minimum absolute atomic E-state index is 0.129. The Kier molecular flexibility index (Phi) is 2.90. The Morgan fingerprint density at radius 2 is 1.79 bits per heavy atom. The summed E-state index contributed by atoms with van der Waals surface area (Å²) < 4.78 is 22.1. The monoisotopic (exact) mass is 213 g/mol. The van der Waals surface area contributed by atoms with Crippen molar-refractivity contribution in [3.63, 3.8) is 0 Å². The van der Waals surface area contributed by atoms with Crippen molar-refractivity contribution in [1.82, 2.24) is 0 Å². The number of hydrogen-bond donors (Lipinski definition) is 1. The predicted molar refractivity (Wildman–Crippen MR) is 52.5 cm³/mol. The average Bonchev–Trinajstić information content (AvgIpc) is 2.02. The highest BCUT2D eigenvalue weighted by Crippen LogP contribution is 2.10. The second-order valence-corrected chi connectivity index (χ2v) is 5.07. The van der Waals surface area contributed by atoms with Crippen molar-refractivity contribution >= 4 is 15.7 Å². The summed E-state index contributed by atoms with van der Waals surface area (Å²) in [7, 11) is -3.16. The van der Waals surface area contributed by atoms with Gasteiger partial charge in [0.2, 0.25) is 5.91 Å².